The van der Waals surface area contributed by atoms with Crippen LogP contribution in [0, 0.1) is 0 Å². The molecule has 1 heterocycles. The fourth-order valence-corrected chi connectivity index (χ4v) is 4.47. The number of aliphatic hydroxyl groups is 1. The molecule has 1 rings (SSSR count). The molecule has 0 aliphatic rings. The number of methoxy groups -OCH3 is 1. The Morgan fingerprint density at radius 3 is 2.61 bits per heavy atom. The number of aliphatic hydroxyl groups excluding tert-OH is 1. The van der Waals surface area contributed by atoms with Gasteiger partial charge in [0.25, 0.3) is 10.0 Å². The van der Waals surface area contributed by atoms with Gasteiger partial charge in [0.2, 0.25) is 0 Å². The third-order valence-electron chi connectivity index (χ3n) is 2.47. The van der Waals surface area contributed by atoms with Crippen molar-refractivity contribution in [2.45, 2.75) is 30.7 Å². The van der Waals surface area contributed by atoms with Gasteiger partial charge >= 0.3 is 0 Å². The molecule has 0 aromatic carbocycles. The van der Waals surface area contributed by atoms with Crippen molar-refractivity contribution < 1.29 is 18.3 Å². The van der Waals surface area contributed by atoms with Gasteiger partial charge in [-0.2, -0.15) is 4.31 Å². The summed E-state index contributed by atoms with van der Waals surface area (Å²) in [6.45, 7) is 4.19. The van der Waals surface area contributed by atoms with Crippen molar-refractivity contribution in [3.05, 3.63) is 17.0 Å². The monoisotopic (exact) mass is 293 g/mol. The van der Waals surface area contributed by atoms with Crippen LogP contribution in [0.5, 0.6) is 0 Å². The molecule has 0 saturated heterocycles. The zero-order chi connectivity index (χ0) is 13.8. The molecule has 0 atom stereocenters. The van der Waals surface area contributed by atoms with E-state index in [2.05, 4.69) is 0 Å². The van der Waals surface area contributed by atoms with E-state index in [1.165, 1.54) is 10.4 Å². The topological polar surface area (TPSA) is 66.8 Å². The third-order valence-corrected chi connectivity index (χ3v) is 6.01. The van der Waals surface area contributed by atoms with Crippen LogP contribution in [-0.4, -0.2) is 44.1 Å². The summed E-state index contributed by atoms with van der Waals surface area (Å²) < 4.78 is 31.4. The fourth-order valence-electron chi connectivity index (χ4n) is 1.52. The van der Waals surface area contributed by atoms with Crippen LogP contribution in [0.4, 0.5) is 0 Å². The highest BCUT2D eigenvalue weighted by Gasteiger charge is 2.28. The highest BCUT2D eigenvalue weighted by molar-refractivity contribution is 7.91. The Morgan fingerprint density at radius 2 is 2.17 bits per heavy atom. The minimum Gasteiger partial charge on any atom is -0.392 e. The van der Waals surface area contributed by atoms with Gasteiger partial charge in [-0.25, -0.2) is 8.42 Å². The minimum absolute atomic E-state index is 0.134. The molecule has 0 unspecified atom stereocenters. The minimum atomic E-state index is -3.50. The maximum absolute atomic E-state index is 12.4. The molecule has 7 heteroatoms. The molecule has 0 bridgehead atoms. The van der Waals surface area contributed by atoms with Crippen LogP contribution >= 0.6 is 11.3 Å². The van der Waals surface area contributed by atoms with Crippen molar-refractivity contribution in [1.29, 1.82) is 0 Å². The second kappa shape index (κ2) is 6.63. The molecule has 1 N–H and O–H groups in total. The summed E-state index contributed by atoms with van der Waals surface area (Å²) in [7, 11) is -1.96. The Labute approximate surface area is 112 Å². The van der Waals surface area contributed by atoms with Gasteiger partial charge in [-0.15, -0.1) is 11.3 Å². The normalized spacial score (nSPS) is 12.6. The summed E-state index contributed by atoms with van der Waals surface area (Å²) in [5, 5.41) is 10.6. The molecule has 0 saturated carbocycles. The van der Waals surface area contributed by atoms with E-state index < -0.39 is 10.0 Å². The molecule has 0 spiro atoms. The molecule has 0 aliphatic heterocycles. The number of hydrogen-bond acceptors (Lipinski definition) is 5. The molecular formula is C11H19NO4S2. The summed E-state index contributed by atoms with van der Waals surface area (Å²) >= 11 is 1.13. The van der Waals surface area contributed by atoms with Gasteiger partial charge in [0.15, 0.2) is 0 Å². The van der Waals surface area contributed by atoms with E-state index in [1.807, 2.05) is 13.8 Å². The van der Waals surface area contributed by atoms with E-state index in [1.54, 1.807) is 12.5 Å². The molecule has 1 aromatic rings. The number of nitrogens with zero attached hydrogens (tertiary/aromatic N) is 1. The zero-order valence-electron chi connectivity index (χ0n) is 10.8. The van der Waals surface area contributed by atoms with Crippen LogP contribution in [0.3, 0.4) is 0 Å². The molecule has 0 radical (unpaired) electrons. The lowest BCUT2D eigenvalue weighted by molar-refractivity contribution is 0.171. The number of ether oxygens (including phenoxy) is 1. The fraction of sp³-hybridized carbons (Fsp3) is 0.636. The van der Waals surface area contributed by atoms with Gasteiger partial charge in [-0.1, -0.05) is 0 Å². The predicted molar refractivity (Wildman–Crippen MR) is 71.1 cm³/mol. The summed E-state index contributed by atoms with van der Waals surface area (Å²) in [6, 6.07) is 1.38. The van der Waals surface area contributed by atoms with Crippen molar-refractivity contribution in [1.82, 2.24) is 4.31 Å². The van der Waals surface area contributed by atoms with Gasteiger partial charge in [0, 0.05) is 19.7 Å². The molecule has 1 aromatic heterocycles. The predicted octanol–water partition coefficient (Wildman–Crippen LogP) is 1.29. The average molecular weight is 293 g/mol. The lowest BCUT2D eigenvalue weighted by Crippen LogP contribution is -2.38. The Bertz CT molecular complexity index is 467. The van der Waals surface area contributed by atoms with Crippen molar-refractivity contribution in [2.24, 2.45) is 0 Å². The van der Waals surface area contributed by atoms with Crippen LogP contribution < -0.4 is 0 Å². The van der Waals surface area contributed by atoms with Crippen molar-refractivity contribution >= 4 is 21.4 Å². The average Bonchev–Trinajstić information content (AvgIpc) is 2.77. The summed E-state index contributed by atoms with van der Waals surface area (Å²) in [5.41, 5.74) is 0.619. The highest BCUT2D eigenvalue weighted by atomic mass is 32.2. The molecule has 0 aliphatic carbocycles. The Balaban J connectivity index is 3.00. The third kappa shape index (κ3) is 3.52. The van der Waals surface area contributed by atoms with Crippen molar-refractivity contribution in [3.8, 4) is 0 Å². The smallest absolute Gasteiger partial charge is 0.252 e. The molecule has 104 valence electrons. The first-order chi connectivity index (χ1) is 8.43. The van der Waals surface area contributed by atoms with Crippen LogP contribution in [0.2, 0.25) is 0 Å². The van der Waals surface area contributed by atoms with Gasteiger partial charge in [0.05, 0.1) is 13.2 Å². The van der Waals surface area contributed by atoms with Crippen LogP contribution in [0.1, 0.15) is 19.4 Å². The van der Waals surface area contributed by atoms with Gasteiger partial charge < -0.3 is 9.84 Å². The first-order valence-corrected chi connectivity index (χ1v) is 7.94. The van der Waals surface area contributed by atoms with Crippen molar-refractivity contribution in [2.75, 3.05) is 20.3 Å². The summed E-state index contributed by atoms with van der Waals surface area (Å²) in [6.07, 6.45) is 0. The van der Waals surface area contributed by atoms with E-state index in [4.69, 9.17) is 9.84 Å². The molecule has 5 nitrogen and oxygen atoms in total. The number of hydrogen-bond donors (Lipinski definition) is 1. The molecule has 0 amide bonds. The van der Waals surface area contributed by atoms with Gasteiger partial charge in [0.1, 0.15) is 4.21 Å². The Kier molecular flexibility index (Phi) is 5.74. The van der Waals surface area contributed by atoms with Gasteiger partial charge in [-0.05, 0) is 30.9 Å². The first-order valence-electron chi connectivity index (χ1n) is 5.62. The maximum atomic E-state index is 12.4. The molecule has 18 heavy (non-hydrogen) atoms. The second-order valence-electron chi connectivity index (χ2n) is 4.13. The lowest BCUT2D eigenvalue weighted by Gasteiger charge is -2.24. The van der Waals surface area contributed by atoms with E-state index in [0.717, 1.165) is 11.3 Å². The Hall–Kier alpha value is -0.470. The Morgan fingerprint density at radius 1 is 1.50 bits per heavy atom. The maximum Gasteiger partial charge on any atom is 0.252 e. The highest BCUT2D eigenvalue weighted by Crippen LogP contribution is 2.25. The van der Waals surface area contributed by atoms with E-state index >= 15 is 0 Å². The summed E-state index contributed by atoms with van der Waals surface area (Å²) in [5.74, 6) is 0. The SMILES string of the molecule is COCCN(C(C)C)S(=O)(=O)c1cc(CO)cs1. The number of thiophene rings is 1. The number of rotatable bonds is 7. The quantitative estimate of drug-likeness (QED) is 0.822. The summed E-state index contributed by atoms with van der Waals surface area (Å²) in [4.78, 5) is 0. The molecular weight excluding hydrogens is 274 g/mol. The standard InChI is InChI=1S/C11H19NO4S2/c1-9(2)12(4-5-16-3)18(14,15)11-6-10(7-13)8-17-11/h6,8-9,13H,4-5,7H2,1-3H3. The second-order valence-corrected chi connectivity index (χ2v) is 7.16. The van der Waals surface area contributed by atoms with Crippen LogP contribution in [0.25, 0.3) is 0 Å². The van der Waals surface area contributed by atoms with E-state index in [9.17, 15) is 8.42 Å². The first kappa shape index (κ1) is 15.6. The lowest BCUT2D eigenvalue weighted by atomic mass is 10.4. The van der Waals surface area contributed by atoms with Gasteiger partial charge in [-0.3, -0.25) is 0 Å². The van der Waals surface area contributed by atoms with Crippen LogP contribution in [0.15, 0.2) is 15.7 Å². The van der Waals surface area contributed by atoms with E-state index in [-0.39, 0.29) is 16.9 Å². The largest absolute Gasteiger partial charge is 0.392 e. The van der Waals surface area contributed by atoms with E-state index in [0.29, 0.717) is 18.7 Å². The van der Waals surface area contributed by atoms with Crippen molar-refractivity contribution in [3.63, 3.8) is 0 Å². The number of sulfonamides is 1. The molecule has 0 fully saturated rings. The zero-order valence-corrected chi connectivity index (χ0v) is 12.4. The van der Waals surface area contributed by atoms with Crippen LogP contribution in [-0.2, 0) is 21.4 Å².